The summed E-state index contributed by atoms with van der Waals surface area (Å²) in [4.78, 5) is 2.50. The van der Waals surface area contributed by atoms with Gasteiger partial charge in [-0.25, -0.2) is 0 Å². The van der Waals surface area contributed by atoms with Gasteiger partial charge in [0.1, 0.15) is 0 Å². The van der Waals surface area contributed by atoms with Crippen molar-refractivity contribution in [3.05, 3.63) is 0 Å². The Morgan fingerprint density at radius 2 is 1.58 bits per heavy atom. The Morgan fingerprint density at radius 1 is 1.00 bits per heavy atom. The zero-order valence-electron chi connectivity index (χ0n) is 9.27. The second-order valence-electron chi connectivity index (χ2n) is 3.92. The summed E-state index contributed by atoms with van der Waals surface area (Å²) < 4.78 is 0. The van der Waals surface area contributed by atoms with Crippen LogP contribution in [0.3, 0.4) is 0 Å². The van der Waals surface area contributed by atoms with Gasteiger partial charge in [0.05, 0.1) is 0 Å². The van der Waals surface area contributed by atoms with Gasteiger partial charge in [-0.1, -0.05) is 40.5 Å². The zero-order valence-corrected chi connectivity index (χ0v) is 9.27. The first kappa shape index (κ1) is 12.0. The molecule has 0 amide bonds. The highest BCUT2D eigenvalue weighted by molar-refractivity contribution is 4.53. The van der Waals surface area contributed by atoms with Gasteiger partial charge >= 0.3 is 0 Å². The van der Waals surface area contributed by atoms with E-state index in [1.807, 2.05) is 0 Å². The van der Waals surface area contributed by atoms with E-state index < -0.39 is 0 Å². The van der Waals surface area contributed by atoms with Gasteiger partial charge in [-0.15, -0.1) is 0 Å². The van der Waals surface area contributed by atoms with Gasteiger partial charge in [-0.05, 0) is 32.0 Å². The van der Waals surface area contributed by atoms with Crippen molar-refractivity contribution in [1.82, 2.24) is 4.90 Å². The Kier molecular flexibility index (Phi) is 7.58. The fourth-order valence-corrected chi connectivity index (χ4v) is 1.43. The first-order chi connectivity index (χ1) is 5.70. The number of nitrogens with zero attached hydrogens (tertiary/aromatic N) is 1. The first-order valence-electron chi connectivity index (χ1n) is 5.43. The van der Waals surface area contributed by atoms with Gasteiger partial charge in [-0.3, -0.25) is 0 Å². The number of rotatable bonds is 7. The highest BCUT2D eigenvalue weighted by Crippen LogP contribution is 2.06. The predicted molar refractivity (Wildman–Crippen MR) is 56.5 cm³/mol. The predicted octanol–water partition coefficient (Wildman–Crippen LogP) is 3.15. The lowest BCUT2D eigenvalue weighted by molar-refractivity contribution is 0.293. The van der Waals surface area contributed by atoms with E-state index in [4.69, 9.17) is 0 Å². The minimum atomic E-state index is 0.877. The molecule has 0 spiro atoms. The van der Waals surface area contributed by atoms with Crippen LogP contribution in [0.5, 0.6) is 0 Å². The van der Waals surface area contributed by atoms with E-state index in [0.29, 0.717) is 0 Å². The molecule has 0 N–H and O–H groups in total. The van der Waals surface area contributed by atoms with E-state index in [2.05, 4.69) is 32.6 Å². The Labute approximate surface area is 78.1 Å². The summed E-state index contributed by atoms with van der Waals surface area (Å²) in [5.74, 6) is 0.877. The van der Waals surface area contributed by atoms with Crippen LogP contribution in [-0.2, 0) is 0 Å². The van der Waals surface area contributed by atoms with Crippen LogP contribution in [0.1, 0.15) is 47.0 Å². The van der Waals surface area contributed by atoms with E-state index in [-0.39, 0.29) is 0 Å². The highest BCUT2D eigenvalue weighted by Gasteiger charge is 1.98. The Hall–Kier alpha value is -0.0400. The quantitative estimate of drug-likeness (QED) is 0.532. The molecule has 0 unspecified atom stereocenters. The molecule has 0 rings (SSSR count). The average Bonchev–Trinajstić information content (AvgIpc) is 2.04. The molecule has 0 aromatic heterocycles. The van der Waals surface area contributed by atoms with E-state index in [1.54, 1.807) is 0 Å². The lowest BCUT2D eigenvalue weighted by Crippen LogP contribution is -2.23. The summed E-state index contributed by atoms with van der Waals surface area (Å²) in [5, 5.41) is 0. The number of hydrogen-bond donors (Lipinski definition) is 0. The summed E-state index contributed by atoms with van der Waals surface area (Å²) in [6, 6.07) is 0. The van der Waals surface area contributed by atoms with Crippen molar-refractivity contribution >= 4 is 0 Å². The third-order valence-corrected chi connectivity index (χ3v) is 2.40. The Balaban J connectivity index is 3.17. The molecule has 1 nitrogen and oxygen atoms in total. The first-order valence-corrected chi connectivity index (χ1v) is 5.43. The molecule has 0 bridgehead atoms. The SMILES string of the molecule is CCN(CC)CCCCC(C)C. The molecule has 0 aliphatic heterocycles. The molecule has 0 saturated carbocycles. The molecule has 0 atom stereocenters. The summed E-state index contributed by atoms with van der Waals surface area (Å²) in [6.45, 7) is 12.8. The van der Waals surface area contributed by atoms with Crippen LogP contribution in [0.25, 0.3) is 0 Å². The third kappa shape index (κ3) is 6.66. The number of hydrogen-bond acceptors (Lipinski definition) is 1. The van der Waals surface area contributed by atoms with Gasteiger partial charge in [0.2, 0.25) is 0 Å². The monoisotopic (exact) mass is 171 g/mol. The molecule has 1 heteroatoms. The van der Waals surface area contributed by atoms with Gasteiger partial charge < -0.3 is 4.90 Å². The van der Waals surface area contributed by atoms with Crippen molar-refractivity contribution in [1.29, 1.82) is 0 Å². The Bertz CT molecular complexity index is 85.0. The molecule has 12 heavy (non-hydrogen) atoms. The summed E-state index contributed by atoms with van der Waals surface area (Å²) in [6.07, 6.45) is 4.16. The summed E-state index contributed by atoms with van der Waals surface area (Å²) >= 11 is 0. The minimum absolute atomic E-state index is 0.877. The lowest BCUT2D eigenvalue weighted by atomic mass is 10.1. The minimum Gasteiger partial charge on any atom is -0.304 e. The maximum atomic E-state index is 2.50. The molecule has 0 aliphatic carbocycles. The van der Waals surface area contributed by atoms with Gasteiger partial charge in [0, 0.05) is 0 Å². The van der Waals surface area contributed by atoms with Crippen LogP contribution >= 0.6 is 0 Å². The van der Waals surface area contributed by atoms with Crippen LogP contribution < -0.4 is 0 Å². The largest absolute Gasteiger partial charge is 0.304 e. The summed E-state index contributed by atoms with van der Waals surface area (Å²) in [5.41, 5.74) is 0. The number of unbranched alkanes of at least 4 members (excludes halogenated alkanes) is 1. The second-order valence-corrected chi connectivity index (χ2v) is 3.92. The van der Waals surface area contributed by atoms with Crippen LogP contribution in [0.15, 0.2) is 0 Å². The van der Waals surface area contributed by atoms with Gasteiger partial charge in [0.25, 0.3) is 0 Å². The smallest absolute Gasteiger partial charge is 0.00190 e. The molecular formula is C11H25N. The van der Waals surface area contributed by atoms with Crippen molar-refractivity contribution < 1.29 is 0 Å². The van der Waals surface area contributed by atoms with Crippen molar-refractivity contribution in [2.75, 3.05) is 19.6 Å². The fraction of sp³-hybridized carbons (Fsp3) is 1.00. The normalized spacial score (nSPS) is 11.5. The van der Waals surface area contributed by atoms with Crippen molar-refractivity contribution in [3.63, 3.8) is 0 Å². The standard InChI is InChI=1S/C11H25N/c1-5-12(6-2)10-8-7-9-11(3)4/h11H,5-10H2,1-4H3. The van der Waals surface area contributed by atoms with Crippen molar-refractivity contribution in [3.8, 4) is 0 Å². The van der Waals surface area contributed by atoms with Gasteiger partial charge in [0.15, 0.2) is 0 Å². The molecule has 74 valence electrons. The van der Waals surface area contributed by atoms with Crippen LogP contribution in [-0.4, -0.2) is 24.5 Å². The third-order valence-electron chi connectivity index (χ3n) is 2.40. The van der Waals surface area contributed by atoms with Gasteiger partial charge in [-0.2, -0.15) is 0 Å². The van der Waals surface area contributed by atoms with Crippen LogP contribution in [0.4, 0.5) is 0 Å². The molecule has 0 fully saturated rings. The van der Waals surface area contributed by atoms with Crippen LogP contribution in [0.2, 0.25) is 0 Å². The zero-order chi connectivity index (χ0) is 9.40. The molecule has 0 heterocycles. The van der Waals surface area contributed by atoms with E-state index in [9.17, 15) is 0 Å². The maximum Gasteiger partial charge on any atom is -0.00190 e. The molecule has 0 aliphatic rings. The van der Waals surface area contributed by atoms with Crippen molar-refractivity contribution in [2.24, 2.45) is 5.92 Å². The molecule has 0 aromatic rings. The highest BCUT2D eigenvalue weighted by atomic mass is 15.1. The second kappa shape index (κ2) is 7.60. The van der Waals surface area contributed by atoms with Crippen molar-refractivity contribution in [2.45, 2.75) is 47.0 Å². The Morgan fingerprint density at radius 3 is 2.00 bits per heavy atom. The van der Waals surface area contributed by atoms with E-state index in [1.165, 1.54) is 38.9 Å². The maximum absolute atomic E-state index is 2.50. The van der Waals surface area contributed by atoms with E-state index >= 15 is 0 Å². The molecular weight excluding hydrogens is 146 g/mol. The van der Waals surface area contributed by atoms with E-state index in [0.717, 1.165) is 5.92 Å². The topological polar surface area (TPSA) is 3.24 Å². The van der Waals surface area contributed by atoms with Crippen LogP contribution in [0, 0.1) is 5.92 Å². The molecule has 0 saturated heterocycles. The summed E-state index contributed by atoms with van der Waals surface area (Å²) in [7, 11) is 0. The lowest BCUT2D eigenvalue weighted by Gasteiger charge is -2.17. The fourth-order valence-electron chi connectivity index (χ4n) is 1.43. The average molecular weight is 171 g/mol. The molecule has 0 radical (unpaired) electrons. The molecule has 0 aromatic carbocycles.